The van der Waals surface area contributed by atoms with E-state index in [0.29, 0.717) is 23.0 Å². The van der Waals surface area contributed by atoms with E-state index >= 15 is 0 Å². The molecule has 0 spiro atoms. The monoisotopic (exact) mass is 274 g/mol. The van der Waals surface area contributed by atoms with Gasteiger partial charge < -0.3 is 0 Å². The summed E-state index contributed by atoms with van der Waals surface area (Å²) in [5.41, 5.74) is 2.20. The summed E-state index contributed by atoms with van der Waals surface area (Å²) in [6.45, 7) is 1.60. The molecule has 0 aromatic heterocycles. The molecule has 0 fully saturated rings. The van der Waals surface area contributed by atoms with Crippen LogP contribution in [0.1, 0.15) is 12.5 Å². The molecule has 0 aliphatic carbocycles. The third-order valence-electron chi connectivity index (χ3n) is 2.83. The van der Waals surface area contributed by atoms with Crippen LogP contribution in [0.3, 0.4) is 0 Å². The summed E-state index contributed by atoms with van der Waals surface area (Å²) in [5, 5.41) is 0.272. The van der Waals surface area contributed by atoms with Crippen molar-refractivity contribution >= 4 is 22.9 Å². The zero-order valence-corrected chi connectivity index (χ0v) is 11.1. The Balaban J connectivity index is 2.47. The van der Waals surface area contributed by atoms with Gasteiger partial charge in [0.05, 0.1) is 5.03 Å². The van der Waals surface area contributed by atoms with E-state index in [1.165, 1.54) is 6.07 Å². The lowest BCUT2D eigenvalue weighted by molar-refractivity contribution is -0.104. The van der Waals surface area contributed by atoms with Crippen LogP contribution in [-0.2, 0) is 4.79 Å². The van der Waals surface area contributed by atoms with Gasteiger partial charge in [0, 0.05) is 11.1 Å². The summed E-state index contributed by atoms with van der Waals surface area (Å²) < 4.78 is 14.1. The molecule has 0 N–H and O–H groups in total. The van der Waals surface area contributed by atoms with Gasteiger partial charge in [-0.2, -0.15) is 0 Å². The van der Waals surface area contributed by atoms with Crippen molar-refractivity contribution in [1.82, 2.24) is 0 Å². The standard InChI is InChI=1S/C16H12ClFO/c1-11(10-19)16(17)13-7-8-14(15(18)9-13)12-5-3-2-4-6-12/h2-10H,1H3. The molecular formula is C16H12ClFO. The molecule has 2 aromatic rings. The highest BCUT2D eigenvalue weighted by atomic mass is 35.5. The molecule has 0 unspecified atom stereocenters. The molecule has 3 heteroatoms. The highest BCUT2D eigenvalue weighted by Crippen LogP contribution is 2.28. The van der Waals surface area contributed by atoms with Crippen LogP contribution in [0.25, 0.3) is 16.2 Å². The minimum atomic E-state index is -0.361. The molecule has 0 saturated heterocycles. The Kier molecular flexibility index (Phi) is 4.13. The van der Waals surface area contributed by atoms with E-state index in [1.807, 2.05) is 30.3 Å². The predicted octanol–water partition coefficient (Wildman–Crippen LogP) is 4.66. The van der Waals surface area contributed by atoms with Crippen molar-refractivity contribution in [2.24, 2.45) is 0 Å². The van der Waals surface area contributed by atoms with Gasteiger partial charge in [-0.05, 0) is 24.1 Å². The van der Waals surface area contributed by atoms with Gasteiger partial charge >= 0.3 is 0 Å². The number of hydrogen-bond donors (Lipinski definition) is 0. The maximum atomic E-state index is 14.1. The van der Waals surface area contributed by atoms with Crippen molar-refractivity contribution in [3.05, 3.63) is 65.5 Å². The van der Waals surface area contributed by atoms with Crippen LogP contribution in [0.4, 0.5) is 4.39 Å². The number of rotatable bonds is 3. The first kappa shape index (κ1) is 13.5. The highest BCUT2D eigenvalue weighted by molar-refractivity contribution is 6.50. The van der Waals surface area contributed by atoms with Crippen molar-refractivity contribution in [2.75, 3.05) is 0 Å². The highest BCUT2D eigenvalue weighted by Gasteiger charge is 2.09. The van der Waals surface area contributed by atoms with Crippen molar-refractivity contribution < 1.29 is 9.18 Å². The summed E-state index contributed by atoms with van der Waals surface area (Å²) >= 11 is 6.01. The van der Waals surface area contributed by atoms with E-state index in [-0.39, 0.29) is 10.8 Å². The average Bonchev–Trinajstić information content (AvgIpc) is 2.46. The quantitative estimate of drug-likeness (QED) is 0.588. The number of carbonyl (C=O) groups is 1. The van der Waals surface area contributed by atoms with E-state index in [4.69, 9.17) is 11.6 Å². The van der Waals surface area contributed by atoms with Gasteiger partial charge in [0.25, 0.3) is 0 Å². The molecule has 96 valence electrons. The fourth-order valence-corrected chi connectivity index (χ4v) is 1.94. The van der Waals surface area contributed by atoms with E-state index in [2.05, 4.69) is 0 Å². The van der Waals surface area contributed by atoms with Crippen LogP contribution in [0.5, 0.6) is 0 Å². The molecule has 0 bridgehead atoms. The van der Waals surface area contributed by atoms with Crippen molar-refractivity contribution in [3.63, 3.8) is 0 Å². The van der Waals surface area contributed by atoms with Gasteiger partial charge in [0.1, 0.15) is 12.1 Å². The Morgan fingerprint density at radius 3 is 2.42 bits per heavy atom. The maximum absolute atomic E-state index is 14.1. The van der Waals surface area contributed by atoms with Crippen LogP contribution in [0, 0.1) is 5.82 Å². The Hall–Kier alpha value is -1.93. The van der Waals surface area contributed by atoms with Crippen LogP contribution in [0.2, 0.25) is 0 Å². The minimum Gasteiger partial charge on any atom is -0.298 e. The largest absolute Gasteiger partial charge is 0.298 e. The lowest BCUT2D eigenvalue weighted by Gasteiger charge is -2.06. The van der Waals surface area contributed by atoms with Crippen molar-refractivity contribution in [1.29, 1.82) is 0 Å². The smallest absolute Gasteiger partial charge is 0.147 e. The normalized spacial score (nSPS) is 11.9. The molecule has 0 saturated carbocycles. The molecular weight excluding hydrogens is 263 g/mol. The van der Waals surface area contributed by atoms with Gasteiger partial charge in [-0.25, -0.2) is 4.39 Å². The minimum absolute atomic E-state index is 0.272. The summed E-state index contributed by atoms with van der Waals surface area (Å²) in [6, 6.07) is 14.0. The van der Waals surface area contributed by atoms with Crippen LogP contribution in [0.15, 0.2) is 54.1 Å². The predicted molar refractivity (Wildman–Crippen MR) is 76.3 cm³/mol. The van der Waals surface area contributed by atoms with Crippen LogP contribution >= 0.6 is 11.6 Å². The Morgan fingerprint density at radius 1 is 1.16 bits per heavy atom. The number of halogens is 2. The first-order chi connectivity index (χ1) is 9.13. The Morgan fingerprint density at radius 2 is 1.84 bits per heavy atom. The van der Waals surface area contributed by atoms with Crippen LogP contribution in [-0.4, -0.2) is 6.29 Å². The molecule has 0 heterocycles. The second-order valence-corrected chi connectivity index (χ2v) is 4.55. The number of aldehydes is 1. The third-order valence-corrected chi connectivity index (χ3v) is 3.35. The molecule has 2 aromatic carbocycles. The van der Waals surface area contributed by atoms with Gasteiger partial charge in [-0.15, -0.1) is 0 Å². The number of carbonyl (C=O) groups excluding carboxylic acids is 1. The molecule has 0 amide bonds. The molecule has 0 atom stereocenters. The van der Waals surface area contributed by atoms with E-state index in [1.54, 1.807) is 19.1 Å². The number of allylic oxidation sites excluding steroid dienone is 1. The maximum Gasteiger partial charge on any atom is 0.147 e. The Labute approximate surface area is 116 Å². The molecule has 2 rings (SSSR count). The van der Waals surface area contributed by atoms with Crippen molar-refractivity contribution in [2.45, 2.75) is 6.92 Å². The topological polar surface area (TPSA) is 17.1 Å². The molecule has 0 aliphatic heterocycles. The lowest BCUT2D eigenvalue weighted by Crippen LogP contribution is -1.89. The van der Waals surface area contributed by atoms with Gasteiger partial charge in [-0.1, -0.05) is 54.1 Å². The van der Waals surface area contributed by atoms with E-state index in [9.17, 15) is 9.18 Å². The average molecular weight is 275 g/mol. The lowest BCUT2D eigenvalue weighted by atomic mass is 10.0. The molecule has 0 aliphatic rings. The summed E-state index contributed by atoms with van der Waals surface area (Å²) in [4.78, 5) is 10.7. The van der Waals surface area contributed by atoms with E-state index in [0.717, 1.165) is 5.56 Å². The molecule has 1 nitrogen and oxygen atoms in total. The Bertz CT molecular complexity index is 632. The van der Waals surface area contributed by atoms with Crippen molar-refractivity contribution in [3.8, 4) is 11.1 Å². The first-order valence-corrected chi connectivity index (χ1v) is 6.18. The summed E-state index contributed by atoms with van der Waals surface area (Å²) in [6.07, 6.45) is 0.658. The SMILES string of the molecule is CC(C=O)=C(Cl)c1ccc(-c2ccccc2)c(F)c1. The molecule has 0 radical (unpaired) electrons. The van der Waals surface area contributed by atoms with Gasteiger partial charge in [0.15, 0.2) is 0 Å². The fraction of sp³-hybridized carbons (Fsp3) is 0.0625. The molecule has 19 heavy (non-hydrogen) atoms. The van der Waals surface area contributed by atoms with E-state index < -0.39 is 0 Å². The zero-order chi connectivity index (χ0) is 13.8. The second-order valence-electron chi connectivity index (χ2n) is 4.18. The van der Waals surface area contributed by atoms with Gasteiger partial charge in [0.2, 0.25) is 0 Å². The third kappa shape index (κ3) is 2.91. The summed E-state index contributed by atoms with van der Waals surface area (Å²) in [5.74, 6) is -0.361. The zero-order valence-electron chi connectivity index (χ0n) is 10.4. The number of hydrogen-bond acceptors (Lipinski definition) is 1. The number of benzene rings is 2. The van der Waals surface area contributed by atoms with Crippen LogP contribution < -0.4 is 0 Å². The first-order valence-electron chi connectivity index (χ1n) is 5.80. The van der Waals surface area contributed by atoms with Gasteiger partial charge in [-0.3, -0.25) is 4.79 Å². The second kappa shape index (κ2) is 5.81. The fourth-order valence-electron chi connectivity index (χ4n) is 1.78. The summed E-state index contributed by atoms with van der Waals surface area (Å²) in [7, 11) is 0.